The SMILES string of the molecule is COc1ccc(C2=NN(c3ccccc3)C(=O)C2=Cc2ccc(OCC(=O)O)cc2)cc1. The fourth-order valence-electron chi connectivity index (χ4n) is 3.22. The fourth-order valence-corrected chi connectivity index (χ4v) is 3.22. The fraction of sp³-hybridized carbons (Fsp3) is 0.0800. The van der Waals surface area contributed by atoms with Gasteiger partial charge in [0.2, 0.25) is 0 Å². The van der Waals surface area contributed by atoms with Crippen molar-refractivity contribution >= 4 is 29.4 Å². The maximum absolute atomic E-state index is 13.3. The van der Waals surface area contributed by atoms with Crippen molar-refractivity contribution in [3.63, 3.8) is 0 Å². The minimum atomic E-state index is -1.05. The van der Waals surface area contributed by atoms with Crippen LogP contribution in [0, 0.1) is 0 Å². The summed E-state index contributed by atoms with van der Waals surface area (Å²) in [5.74, 6) is -0.148. The zero-order valence-electron chi connectivity index (χ0n) is 17.3. The first-order valence-electron chi connectivity index (χ1n) is 9.84. The molecule has 3 aromatic rings. The third-order valence-electron chi connectivity index (χ3n) is 4.80. The Morgan fingerprint density at radius 1 is 0.969 bits per heavy atom. The molecule has 7 nitrogen and oxygen atoms in total. The smallest absolute Gasteiger partial charge is 0.341 e. The van der Waals surface area contributed by atoms with Gasteiger partial charge >= 0.3 is 5.97 Å². The molecule has 1 aliphatic heterocycles. The summed E-state index contributed by atoms with van der Waals surface area (Å²) < 4.78 is 10.4. The van der Waals surface area contributed by atoms with Crippen LogP contribution in [0.2, 0.25) is 0 Å². The number of nitrogens with zero attached hydrogens (tertiary/aromatic N) is 2. The highest BCUT2D eigenvalue weighted by Gasteiger charge is 2.32. The Kier molecular flexibility index (Phi) is 5.98. The molecule has 0 fully saturated rings. The van der Waals surface area contributed by atoms with Gasteiger partial charge in [0.25, 0.3) is 5.91 Å². The van der Waals surface area contributed by atoms with Gasteiger partial charge in [-0.25, -0.2) is 4.79 Å². The summed E-state index contributed by atoms with van der Waals surface area (Å²) in [5, 5.41) is 14.7. The Morgan fingerprint density at radius 3 is 2.25 bits per heavy atom. The molecular weight excluding hydrogens is 408 g/mol. The van der Waals surface area contributed by atoms with E-state index in [0.29, 0.717) is 28.5 Å². The number of carbonyl (C=O) groups is 2. The van der Waals surface area contributed by atoms with Crippen molar-refractivity contribution in [3.8, 4) is 11.5 Å². The zero-order chi connectivity index (χ0) is 22.5. The van der Waals surface area contributed by atoms with Crippen LogP contribution >= 0.6 is 0 Å². The highest BCUT2D eigenvalue weighted by atomic mass is 16.5. The maximum Gasteiger partial charge on any atom is 0.341 e. The van der Waals surface area contributed by atoms with Crippen LogP contribution in [0.1, 0.15) is 11.1 Å². The van der Waals surface area contributed by atoms with Crippen molar-refractivity contribution < 1.29 is 24.2 Å². The lowest BCUT2D eigenvalue weighted by Gasteiger charge is -2.10. The molecule has 0 saturated heterocycles. The van der Waals surface area contributed by atoms with E-state index in [1.54, 1.807) is 37.5 Å². The molecule has 7 heteroatoms. The minimum absolute atomic E-state index is 0.242. The predicted molar refractivity (Wildman–Crippen MR) is 121 cm³/mol. The molecule has 0 spiro atoms. The van der Waals surface area contributed by atoms with Gasteiger partial charge in [-0.05, 0) is 60.2 Å². The molecule has 0 bridgehead atoms. The van der Waals surface area contributed by atoms with E-state index in [9.17, 15) is 9.59 Å². The van der Waals surface area contributed by atoms with Crippen LogP contribution in [-0.4, -0.2) is 36.4 Å². The number of benzene rings is 3. The number of hydrogen-bond donors (Lipinski definition) is 1. The summed E-state index contributed by atoms with van der Waals surface area (Å²) in [7, 11) is 1.60. The van der Waals surface area contributed by atoms with Crippen molar-refractivity contribution in [2.45, 2.75) is 0 Å². The number of aliphatic carboxylic acids is 1. The zero-order valence-corrected chi connectivity index (χ0v) is 17.3. The molecule has 1 N–H and O–H groups in total. The van der Waals surface area contributed by atoms with Gasteiger partial charge in [0.05, 0.1) is 18.4 Å². The van der Waals surface area contributed by atoms with E-state index < -0.39 is 12.6 Å². The van der Waals surface area contributed by atoms with Gasteiger partial charge in [-0.2, -0.15) is 10.1 Å². The number of hydrogen-bond acceptors (Lipinski definition) is 5. The Bertz CT molecular complexity index is 1180. The number of anilines is 1. The Balaban J connectivity index is 1.70. The van der Waals surface area contributed by atoms with Gasteiger partial charge < -0.3 is 14.6 Å². The normalized spacial score (nSPS) is 14.4. The number of rotatable bonds is 7. The second kappa shape index (κ2) is 9.18. The number of carboxylic acids is 1. The van der Waals surface area contributed by atoms with Crippen LogP contribution in [0.15, 0.2) is 89.5 Å². The van der Waals surface area contributed by atoms with Gasteiger partial charge in [-0.3, -0.25) is 4.79 Å². The second-order valence-corrected chi connectivity index (χ2v) is 6.94. The summed E-state index contributed by atoms with van der Waals surface area (Å²) in [6, 6.07) is 23.4. The largest absolute Gasteiger partial charge is 0.497 e. The number of carbonyl (C=O) groups excluding carboxylic acids is 1. The van der Waals surface area contributed by atoms with Crippen LogP contribution in [0.25, 0.3) is 6.08 Å². The Labute approximate surface area is 184 Å². The van der Waals surface area contributed by atoms with E-state index in [0.717, 1.165) is 11.1 Å². The molecule has 32 heavy (non-hydrogen) atoms. The average Bonchev–Trinajstić information content (AvgIpc) is 3.15. The third kappa shape index (κ3) is 4.52. The Morgan fingerprint density at radius 2 is 1.62 bits per heavy atom. The molecule has 0 aliphatic carbocycles. The monoisotopic (exact) mass is 428 g/mol. The highest BCUT2D eigenvalue weighted by molar-refractivity contribution is 6.37. The molecule has 0 aromatic heterocycles. The standard InChI is InChI=1S/C25H20N2O5/c1-31-20-13-9-18(10-14-20)24-22(25(30)27(26-24)19-5-3-2-4-6-19)15-17-7-11-21(12-8-17)32-16-23(28)29/h2-15H,16H2,1H3,(H,28,29). The van der Waals surface area contributed by atoms with Gasteiger partial charge in [0.1, 0.15) is 17.2 Å². The van der Waals surface area contributed by atoms with Crippen molar-refractivity contribution in [2.75, 3.05) is 18.7 Å². The first kappa shape index (κ1) is 20.9. The predicted octanol–water partition coefficient (Wildman–Crippen LogP) is 3.99. The summed E-state index contributed by atoms with van der Waals surface area (Å²) in [5.41, 5.74) is 3.20. The van der Waals surface area contributed by atoms with E-state index in [1.807, 2.05) is 54.6 Å². The topological polar surface area (TPSA) is 88.4 Å². The molecule has 3 aromatic carbocycles. The third-order valence-corrected chi connectivity index (χ3v) is 4.80. The molecule has 1 aliphatic rings. The van der Waals surface area contributed by atoms with Gasteiger partial charge in [-0.1, -0.05) is 30.3 Å². The molecule has 0 saturated carbocycles. The lowest BCUT2D eigenvalue weighted by molar-refractivity contribution is -0.139. The number of hydrazone groups is 1. The van der Waals surface area contributed by atoms with Gasteiger partial charge in [-0.15, -0.1) is 0 Å². The lowest BCUT2D eigenvalue weighted by atomic mass is 10.00. The molecule has 1 amide bonds. The first-order valence-corrected chi connectivity index (χ1v) is 9.84. The van der Waals surface area contributed by atoms with Crippen LogP contribution in [-0.2, 0) is 9.59 Å². The highest BCUT2D eigenvalue weighted by Crippen LogP contribution is 2.28. The quantitative estimate of drug-likeness (QED) is 0.575. The van der Waals surface area contributed by atoms with E-state index in [1.165, 1.54) is 5.01 Å². The summed E-state index contributed by atoms with van der Waals surface area (Å²) in [6.07, 6.45) is 1.76. The Hall–Kier alpha value is -4.39. The van der Waals surface area contributed by atoms with Crippen molar-refractivity contribution in [3.05, 3.63) is 95.6 Å². The lowest BCUT2D eigenvalue weighted by Crippen LogP contribution is -2.21. The van der Waals surface area contributed by atoms with E-state index >= 15 is 0 Å². The van der Waals surface area contributed by atoms with Crippen LogP contribution in [0.3, 0.4) is 0 Å². The number of carboxylic acid groups (broad SMARTS) is 1. The van der Waals surface area contributed by atoms with Crippen LogP contribution in [0.4, 0.5) is 5.69 Å². The number of para-hydroxylation sites is 1. The van der Waals surface area contributed by atoms with E-state index in [2.05, 4.69) is 5.10 Å². The molecule has 4 rings (SSSR count). The van der Waals surface area contributed by atoms with Gasteiger partial charge in [0.15, 0.2) is 6.61 Å². The van der Waals surface area contributed by atoms with Crippen LogP contribution < -0.4 is 14.5 Å². The molecule has 1 heterocycles. The number of methoxy groups -OCH3 is 1. The summed E-state index contributed by atoms with van der Waals surface area (Å²) in [6.45, 7) is -0.417. The molecule has 160 valence electrons. The van der Waals surface area contributed by atoms with Crippen molar-refractivity contribution in [2.24, 2.45) is 5.10 Å². The number of amides is 1. The number of ether oxygens (including phenoxy) is 2. The van der Waals surface area contributed by atoms with E-state index in [-0.39, 0.29) is 5.91 Å². The first-order chi connectivity index (χ1) is 15.5. The summed E-state index contributed by atoms with van der Waals surface area (Å²) in [4.78, 5) is 24.0. The van der Waals surface area contributed by atoms with Crippen LogP contribution in [0.5, 0.6) is 11.5 Å². The average molecular weight is 428 g/mol. The molecule has 0 atom stereocenters. The minimum Gasteiger partial charge on any atom is -0.497 e. The van der Waals surface area contributed by atoms with E-state index in [4.69, 9.17) is 14.6 Å². The molecular formula is C25H20N2O5. The van der Waals surface area contributed by atoms with Crippen molar-refractivity contribution in [1.29, 1.82) is 0 Å². The summed E-state index contributed by atoms with van der Waals surface area (Å²) >= 11 is 0. The molecule has 0 unspecified atom stereocenters. The second-order valence-electron chi connectivity index (χ2n) is 6.94. The van der Waals surface area contributed by atoms with Gasteiger partial charge in [0, 0.05) is 5.56 Å². The van der Waals surface area contributed by atoms with Crippen molar-refractivity contribution in [1.82, 2.24) is 0 Å². The maximum atomic E-state index is 13.3. The molecule has 0 radical (unpaired) electrons.